The fourth-order valence-electron chi connectivity index (χ4n) is 0. The molecule has 0 aliphatic carbocycles. The molecule has 0 fully saturated rings. The van der Waals surface area contributed by atoms with E-state index in [0.717, 1.165) is 0 Å². The average Bonchev–Trinajstić information content (AvgIpc) is 0.722. The summed E-state index contributed by atoms with van der Waals surface area (Å²) in [6.45, 7) is 0. The Balaban J connectivity index is -0.0000000800. The van der Waals surface area contributed by atoms with E-state index in [0.29, 0.717) is 0 Å². The minimum absolute atomic E-state index is 0. The molecule has 0 saturated carbocycles. The summed E-state index contributed by atoms with van der Waals surface area (Å²) in [5, 5.41) is 0. The zero-order valence-corrected chi connectivity index (χ0v) is 9.44. The molecule has 4 nitrogen and oxygen atoms in total. The van der Waals surface area contributed by atoms with Crippen LogP contribution >= 0.6 is 0 Å². The van der Waals surface area contributed by atoms with Crippen LogP contribution in [0.15, 0.2) is 0 Å². The maximum atomic E-state index is 8.69. The summed E-state index contributed by atoms with van der Waals surface area (Å²) in [7, 11) is 0. The van der Waals surface area contributed by atoms with Crippen molar-refractivity contribution in [2.24, 2.45) is 0 Å². The monoisotopic (exact) mass is 362 g/mol. The van der Waals surface area contributed by atoms with E-state index < -0.39 is 13.0 Å². The van der Waals surface area contributed by atoms with Crippen LogP contribution in [0.1, 0.15) is 0 Å². The van der Waals surface area contributed by atoms with Gasteiger partial charge in [-0.15, -0.1) is 0 Å². The fraction of sp³-hybridized carbons (Fsp3) is 0. The first-order valence-corrected chi connectivity index (χ1v) is 2.61. The molecule has 0 heterocycles. The second kappa shape index (κ2) is 6.57. The summed E-state index contributed by atoms with van der Waals surface area (Å²) in [4.78, 5) is 0. The second-order valence-corrected chi connectivity index (χ2v) is 1.63. The third-order valence-corrected chi connectivity index (χ3v) is 0. The van der Waals surface area contributed by atoms with E-state index in [1.165, 1.54) is 0 Å². The van der Waals surface area contributed by atoms with Gasteiger partial charge in [0.15, 0.2) is 0 Å². The predicted molar refractivity (Wildman–Crippen MR) is 11.4 cm³/mol. The van der Waals surface area contributed by atoms with E-state index >= 15 is 0 Å². The number of hydrogen-bond acceptors (Lipinski definition) is 3. The summed E-state index contributed by atoms with van der Waals surface area (Å²) in [5.41, 5.74) is 0. The number of rotatable bonds is 0. The van der Waals surface area contributed by atoms with Gasteiger partial charge >= 0.3 is 80.0 Å². The van der Waals surface area contributed by atoms with Gasteiger partial charge in [0.05, 0.1) is 0 Å². The molecule has 0 aromatic carbocycles. The molecule has 0 bridgehead atoms. The van der Waals surface area contributed by atoms with E-state index in [4.69, 9.17) is 15.7 Å². The molecular formula is H2HgKMnO4. The van der Waals surface area contributed by atoms with Crippen LogP contribution in [0.25, 0.3) is 0 Å². The average molecular weight is 361 g/mol. The molecule has 7 heteroatoms. The van der Waals surface area contributed by atoms with Gasteiger partial charge < -0.3 is 0 Å². The normalized spacial score (nSPS) is 8.14. The zero-order chi connectivity index (χ0) is 4.50. The van der Waals surface area contributed by atoms with Gasteiger partial charge in [-0.3, -0.25) is 0 Å². The molecule has 0 aliphatic heterocycles. The molecule has 0 aromatic rings. The van der Waals surface area contributed by atoms with Crippen LogP contribution in [-0.2, 0) is 52.1 Å². The van der Waals surface area contributed by atoms with Crippen LogP contribution in [0, 0.1) is 0 Å². The fourth-order valence-corrected chi connectivity index (χ4v) is 0. The summed E-state index contributed by atoms with van der Waals surface area (Å²) in [6.07, 6.45) is 0. The van der Waals surface area contributed by atoms with E-state index in [1.54, 1.807) is 0 Å². The maximum absolute atomic E-state index is 8.69. The van der Waals surface area contributed by atoms with Crippen molar-refractivity contribution in [3.8, 4) is 0 Å². The molecule has 0 radical (unpaired) electrons. The standard InChI is InChI=1S/Hg.K.Mn.H2O.3O.H/h;;;1H2;;;;/q;;+1;;;;;/p-1. The summed E-state index contributed by atoms with van der Waals surface area (Å²) >= 11 is -5.38. The first-order chi connectivity index (χ1) is 2.00. The summed E-state index contributed by atoms with van der Waals surface area (Å²) < 4.78 is 33.1. The third-order valence-electron chi connectivity index (χ3n) is 0. The second-order valence-electron chi connectivity index (χ2n) is 0.396. The van der Waals surface area contributed by atoms with Gasteiger partial charge in [-0.25, -0.2) is 0 Å². The molecule has 0 spiro atoms. The molecule has 36 valence electrons. The van der Waals surface area contributed by atoms with E-state index in [9.17, 15) is 0 Å². The Morgan fingerprint density at radius 1 is 1.14 bits per heavy atom. The summed E-state index contributed by atoms with van der Waals surface area (Å²) in [6, 6.07) is 0. The van der Waals surface area contributed by atoms with Crippen LogP contribution in [0.4, 0.5) is 0 Å². The van der Waals surface area contributed by atoms with Crippen LogP contribution in [0.3, 0.4) is 0 Å². The molecule has 0 amide bonds. The number of hydrogen-bond donors (Lipinski definition) is 1. The van der Waals surface area contributed by atoms with Gasteiger partial charge in [-0.2, -0.15) is 0 Å². The van der Waals surface area contributed by atoms with Crippen LogP contribution in [-0.4, -0.2) is 55.6 Å². The first-order valence-electron chi connectivity index (χ1n) is 0.632. The Labute approximate surface area is 105 Å². The molecule has 7 heavy (non-hydrogen) atoms. The molecule has 1 N–H and O–H groups in total. The van der Waals surface area contributed by atoms with Crippen molar-refractivity contribution in [3.63, 3.8) is 0 Å². The summed E-state index contributed by atoms with van der Waals surface area (Å²) in [5.74, 6) is 0. The quantitative estimate of drug-likeness (QED) is 0.530. The Morgan fingerprint density at radius 3 is 1.14 bits per heavy atom. The van der Waals surface area contributed by atoms with Gasteiger partial charge in [-0.05, 0) is 0 Å². The van der Waals surface area contributed by atoms with Crippen molar-refractivity contribution < 1.29 is 56.3 Å². The Bertz CT molecular complexity index is 133. The van der Waals surface area contributed by atoms with E-state index in [-0.39, 0.29) is 79.1 Å². The third kappa shape index (κ3) is 58.5. The Morgan fingerprint density at radius 2 is 1.14 bits per heavy atom. The van der Waals surface area contributed by atoms with Crippen molar-refractivity contribution in [1.29, 1.82) is 0 Å². The molecular weight excluding hydrogens is 359 g/mol. The van der Waals surface area contributed by atoms with Gasteiger partial charge in [0.25, 0.3) is 0 Å². The minimum atomic E-state index is -5.38. The predicted octanol–water partition coefficient (Wildman–Crippen LogP) is -1.57. The van der Waals surface area contributed by atoms with E-state index in [1.807, 2.05) is 0 Å². The molecule has 0 atom stereocenters. The first kappa shape index (κ1) is 16.2. The Hall–Kier alpha value is 2.45. The molecule has 0 saturated heterocycles. The molecule has 0 rings (SSSR count). The molecule has 0 aliphatic rings. The van der Waals surface area contributed by atoms with Crippen LogP contribution in [0.5, 0.6) is 0 Å². The van der Waals surface area contributed by atoms with Crippen LogP contribution < -0.4 is 0 Å². The molecule has 0 aromatic heterocycles. The van der Waals surface area contributed by atoms with Gasteiger partial charge in [-0.1, -0.05) is 0 Å². The van der Waals surface area contributed by atoms with Gasteiger partial charge in [0, 0.05) is 27.7 Å². The van der Waals surface area contributed by atoms with E-state index in [2.05, 4.69) is 0 Å². The Kier molecular flexibility index (Phi) is 15.2. The van der Waals surface area contributed by atoms with Gasteiger partial charge in [0.1, 0.15) is 0 Å². The van der Waals surface area contributed by atoms with Crippen molar-refractivity contribution in [3.05, 3.63) is 0 Å². The van der Waals surface area contributed by atoms with Crippen molar-refractivity contribution >= 4 is 51.4 Å². The molecule has 0 unspecified atom stereocenters. The van der Waals surface area contributed by atoms with Crippen LogP contribution in [0.2, 0.25) is 0 Å². The zero-order valence-electron chi connectivity index (χ0n) is 2.76. The topological polar surface area (TPSA) is 71.4 Å². The van der Waals surface area contributed by atoms with Crippen molar-refractivity contribution in [2.75, 3.05) is 0 Å². The SMILES string of the molecule is [Hg].[KH].[O]=[Mn](=[O])(=[O])[OH]. The van der Waals surface area contributed by atoms with Crippen molar-refractivity contribution in [2.45, 2.75) is 0 Å². The van der Waals surface area contributed by atoms with Crippen molar-refractivity contribution in [1.82, 2.24) is 0 Å². The van der Waals surface area contributed by atoms with Gasteiger partial charge in [0.2, 0.25) is 0 Å².